The molecular formula is C30H36ClF7N4O2. The molecule has 3 rings (SSSR count). The first-order chi connectivity index (χ1) is 20.5. The van der Waals surface area contributed by atoms with E-state index < -0.39 is 60.2 Å². The Morgan fingerprint density at radius 3 is 2.27 bits per heavy atom. The third-order valence-electron chi connectivity index (χ3n) is 7.53. The Morgan fingerprint density at radius 2 is 1.73 bits per heavy atom. The summed E-state index contributed by atoms with van der Waals surface area (Å²) in [6.07, 6.45) is -7.82. The normalized spacial score (nSPS) is 17.0. The van der Waals surface area contributed by atoms with Crippen molar-refractivity contribution in [3.8, 4) is 0 Å². The van der Waals surface area contributed by atoms with Crippen molar-refractivity contribution in [2.75, 3.05) is 18.9 Å². The lowest BCUT2D eigenvalue weighted by atomic mass is 9.91. The van der Waals surface area contributed by atoms with Crippen molar-refractivity contribution >= 4 is 29.2 Å². The van der Waals surface area contributed by atoms with Gasteiger partial charge in [-0.25, -0.2) is 9.38 Å². The van der Waals surface area contributed by atoms with Crippen LogP contribution in [0.5, 0.6) is 0 Å². The fraction of sp³-hybridized carbons (Fsp3) is 0.533. The number of nitrogens with one attached hydrogen (secondary N) is 2. The van der Waals surface area contributed by atoms with Crippen LogP contribution < -0.4 is 10.6 Å². The van der Waals surface area contributed by atoms with Gasteiger partial charge in [-0.05, 0) is 81.6 Å². The molecule has 1 fully saturated rings. The van der Waals surface area contributed by atoms with E-state index in [0.29, 0.717) is 18.6 Å². The number of rotatable bonds is 11. The van der Waals surface area contributed by atoms with Gasteiger partial charge in [0.2, 0.25) is 5.96 Å². The van der Waals surface area contributed by atoms with Gasteiger partial charge in [-0.15, -0.1) is 0 Å². The number of aliphatic imine (C=N–C) groups is 1. The van der Waals surface area contributed by atoms with Gasteiger partial charge in [-0.3, -0.25) is 15.0 Å². The minimum absolute atomic E-state index is 0.00648. The number of halogens is 8. The van der Waals surface area contributed by atoms with Crippen LogP contribution in [0.2, 0.25) is 5.02 Å². The molecule has 1 aliphatic carbocycles. The molecule has 244 valence electrons. The van der Waals surface area contributed by atoms with E-state index in [1.807, 2.05) is 0 Å². The third kappa shape index (κ3) is 11.2. The molecule has 0 aromatic heterocycles. The average Bonchev–Trinajstić information content (AvgIpc) is 3.42. The zero-order valence-corrected chi connectivity index (χ0v) is 25.0. The first-order valence-corrected chi connectivity index (χ1v) is 14.6. The standard InChI is InChI=1S/C30H36ClF7N4O2/c1-18(43)17-42(2)26(13-22(30(36,37)38)10-7-19-5-3-4-6-19)40-28(39-25-15-23(31)14-24(32)16-25)41-27(44)20-8-11-21(12-9-20)29(33,34)35/h8-9,11-12,14-16,18-19,22,26,43H,3-7,10,13,17H2,1-2H3,(H2,39,40,41,44). The summed E-state index contributed by atoms with van der Waals surface area (Å²) in [6.45, 7) is 1.40. The molecule has 1 aliphatic rings. The molecule has 3 unspecified atom stereocenters. The van der Waals surface area contributed by atoms with E-state index in [1.165, 1.54) is 24.9 Å². The molecule has 2 aromatic rings. The monoisotopic (exact) mass is 652 g/mol. The number of anilines is 1. The van der Waals surface area contributed by atoms with E-state index in [1.54, 1.807) is 0 Å². The summed E-state index contributed by atoms with van der Waals surface area (Å²) < 4.78 is 95.9. The molecule has 0 spiro atoms. The summed E-state index contributed by atoms with van der Waals surface area (Å²) in [7, 11) is 1.47. The predicted octanol–water partition coefficient (Wildman–Crippen LogP) is 7.87. The first kappa shape index (κ1) is 35.6. The van der Waals surface area contributed by atoms with Crippen molar-refractivity contribution < 1.29 is 40.6 Å². The number of hydrogen-bond donors (Lipinski definition) is 3. The van der Waals surface area contributed by atoms with Crippen molar-refractivity contribution in [2.24, 2.45) is 16.8 Å². The molecule has 0 bridgehead atoms. The van der Waals surface area contributed by atoms with E-state index in [-0.39, 0.29) is 35.2 Å². The molecule has 3 N–H and O–H groups in total. The second-order valence-corrected chi connectivity index (χ2v) is 11.7. The van der Waals surface area contributed by atoms with Gasteiger partial charge < -0.3 is 10.4 Å². The summed E-state index contributed by atoms with van der Waals surface area (Å²) in [5.41, 5.74) is -1.17. The molecule has 0 aliphatic heterocycles. The summed E-state index contributed by atoms with van der Waals surface area (Å²) in [6, 6.07) is 6.62. The molecular weight excluding hydrogens is 617 g/mol. The minimum atomic E-state index is -4.63. The van der Waals surface area contributed by atoms with Crippen LogP contribution in [0.4, 0.5) is 36.4 Å². The first-order valence-electron chi connectivity index (χ1n) is 14.3. The van der Waals surface area contributed by atoms with Crippen LogP contribution in [0, 0.1) is 17.7 Å². The zero-order chi connectivity index (χ0) is 32.7. The highest BCUT2D eigenvalue weighted by molar-refractivity contribution is 6.31. The van der Waals surface area contributed by atoms with Crippen molar-refractivity contribution in [1.82, 2.24) is 10.2 Å². The fourth-order valence-corrected chi connectivity index (χ4v) is 5.49. The largest absolute Gasteiger partial charge is 0.416 e. The Hall–Kier alpha value is -2.90. The van der Waals surface area contributed by atoms with Gasteiger partial charge in [0.05, 0.1) is 17.6 Å². The molecule has 1 amide bonds. The summed E-state index contributed by atoms with van der Waals surface area (Å²) >= 11 is 5.95. The molecule has 0 radical (unpaired) electrons. The number of aliphatic hydroxyl groups excluding tert-OH is 1. The van der Waals surface area contributed by atoms with Crippen LogP contribution in [0.15, 0.2) is 47.5 Å². The Kier molecular flexibility index (Phi) is 12.4. The Balaban J connectivity index is 1.97. The van der Waals surface area contributed by atoms with Crippen LogP contribution in [-0.4, -0.2) is 53.9 Å². The Bertz CT molecular complexity index is 1240. The lowest BCUT2D eigenvalue weighted by molar-refractivity contribution is -0.182. The van der Waals surface area contributed by atoms with Crippen molar-refractivity contribution in [1.29, 1.82) is 0 Å². The van der Waals surface area contributed by atoms with Gasteiger partial charge in [-0.2, -0.15) is 26.3 Å². The predicted molar refractivity (Wildman–Crippen MR) is 155 cm³/mol. The van der Waals surface area contributed by atoms with Gasteiger partial charge in [-0.1, -0.05) is 37.3 Å². The number of carbonyl (C=O) groups is 1. The van der Waals surface area contributed by atoms with Crippen LogP contribution >= 0.6 is 11.6 Å². The maximum Gasteiger partial charge on any atom is 0.416 e. The summed E-state index contributed by atoms with van der Waals surface area (Å²) in [4.78, 5) is 18.8. The number of amides is 1. The third-order valence-corrected chi connectivity index (χ3v) is 7.75. The molecule has 3 atom stereocenters. The van der Waals surface area contributed by atoms with E-state index in [0.717, 1.165) is 49.9 Å². The van der Waals surface area contributed by atoms with E-state index in [2.05, 4.69) is 15.6 Å². The lowest BCUT2D eigenvalue weighted by Gasteiger charge is -2.31. The number of nitrogens with zero attached hydrogens (tertiary/aromatic N) is 2. The second kappa shape index (κ2) is 15.4. The van der Waals surface area contributed by atoms with Crippen LogP contribution in [0.1, 0.15) is 67.8 Å². The van der Waals surface area contributed by atoms with Crippen molar-refractivity contribution in [3.05, 3.63) is 64.4 Å². The number of guanidine groups is 1. The quantitative estimate of drug-likeness (QED) is 0.131. The number of aliphatic hydroxyl groups is 1. The van der Waals surface area contributed by atoms with E-state index in [4.69, 9.17) is 11.6 Å². The van der Waals surface area contributed by atoms with Crippen LogP contribution in [0.25, 0.3) is 0 Å². The minimum Gasteiger partial charge on any atom is -0.392 e. The Morgan fingerprint density at radius 1 is 1.09 bits per heavy atom. The maximum atomic E-state index is 14.3. The molecule has 1 saturated carbocycles. The number of benzene rings is 2. The summed E-state index contributed by atoms with van der Waals surface area (Å²) in [5.74, 6) is -3.59. The van der Waals surface area contributed by atoms with Crippen molar-refractivity contribution in [2.45, 2.75) is 76.5 Å². The highest BCUT2D eigenvalue weighted by Gasteiger charge is 2.41. The van der Waals surface area contributed by atoms with E-state index in [9.17, 15) is 40.6 Å². The smallest absolute Gasteiger partial charge is 0.392 e. The fourth-order valence-electron chi connectivity index (χ4n) is 5.27. The van der Waals surface area contributed by atoms with Gasteiger partial charge in [0.1, 0.15) is 12.0 Å². The van der Waals surface area contributed by atoms with Gasteiger partial charge in [0.25, 0.3) is 5.91 Å². The average molecular weight is 653 g/mol. The SMILES string of the molecule is CC(O)CN(C)C(CC(CCC1CCCC1)C(F)(F)F)N=C(NC(=O)c1ccc(C(F)(F)F)cc1)Nc1cc(F)cc(Cl)c1. The Labute approximate surface area is 256 Å². The zero-order valence-electron chi connectivity index (χ0n) is 24.3. The topological polar surface area (TPSA) is 77.0 Å². The molecule has 6 nitrogen and oxygen atoms in total. The van der Waals surface area contributed by atoms with Gasteiger partial charge >= 0.3 is 12.4 Å². The maximum absolute atomic E-state index is 14.3. The number of alkyl halides is 6. The van der Waals surface area contributed by atoms with E-state index >= 15 is 0 Å². The second-order valence-electron chi connectivity index (χ2n) is 11.3. The highest BCUT2D eigenvalue weighted by atomic mass is 35.5. The molecule has 44 heavy (non-hydrogen) atoms. The number of hydrogen-bond acceptors (Lipinski definition) is 4. The lowest BCUT2D eigenvalue weighted by Crippen LogP contribution is -2.43. The molecule has 2 aromatic carbocycles. The molecule has 0 heterocycles. The van der Waals surface area contributed by atoms with Gasteiger partial charge in [0.15, 0.2) is 0 Å². The van der Waals surface area contributed by atoms with Crippen molar-refractivity contribution in [3.63, 3.8) is 0 Å². The summed E-state index contributed by atoms with van der Waals surface area (Å²) in [5, 5.41) is 15.0. The highest BCUT2D eigenvalue weighted by Crippen LogP contribution is 2.38. The molecule has 14 heteroatoms. The molecule has 0 saturated heterocycles. The van der Waals surface area contributed by atoms with Crippen LogP contribution in [-0.2, 0) is 6.18 Å². The number of likely N-dealkylation sites (N-methyl/N-ethyl adjacent to an activating group) is 1. The number of carbonyl (C=O) groups excluding carboxylic acids is 1. The van der Waals surface area contributed by atoms with Crippen LogP contribution in [0.3, 0.4) is 0 Å². The van der Waals surface area contributed by atoms with Gasteiger partial charge in [0, 0.05) is 22.8 Å².